The van der Waals surface area contributed by atoms with Gasteiger partial charge in [0.25, 0.3) is 0 Å². The van der Waals surface area contributed by atoms with Gasteiger partial charge in [0.15, 0.2) is 0 Å². The third-order valence-corrected chi connectivity index (χ3v) is 7.29. The molecule has 0 spiro atoms. The number of halogens is 3. The fourth-order valence-electron chi connectivity index (χ4n) is 4.37. The molecular formula is C24H24F3N3O4S. The summed E-state index contributed by atoms with van der Waals surface area (Å²) in [6.07, 6.45) is -2.66. The Labute approximate surface area is 202 Å². The van der Waals surface area contributed by atoms with Crippen molar-refractivity contribution in [1.29, 1.82) is 0 Å². The van der Waals surface area contributed by atoms with E-state index in [1.54, 1.807) is 15.1 Å². The van der Waals surface area contributed by atoms with Gasteiger partial charge in [-0.1, -0.05) is 18.2 Å². The molecule has 7 nitrogen and oxygen atoms in total. The largest absolute Gasteiger partial charge is 0.438 e. The molecule has 2 fully saturated rings. The zero-order valence-corrected chi connectivity index (χ0v) is 19.7. The third kappa shape index (κ3) is 4.61. The zero-order valence-electron chi connectivity index (χ0n) is 18.9. The monoisotopic (exact) mass is 507 g/mol. The highest BCUT2D eigenvalue weighted by Gasteiger charge is 2.53. The average Bonchev–Trinajstić information content (AvgIpc) is 3.54. The van der Waals surface area contributed by atoms with E-state index in [9.17, 15) is 21.9 Å². The van der Waals surface area contributed by atoms with Gasteiger partial charge in [-0.05, 0) is 55.7 Å². The molecule has 35 heavy (non-hydrogen) atoms. The quantitative estimate of drug-likeness (QED) is 0.424. The molecule has 1 aromatic heterocycles. The second-order valence-corrected chi connectivity index (χ2v) is 9.56. The maximum Gasteiger partial charge on any atom is 0.416 e. The van der Waals surface area contributed by atoms with Crippen molar-refractivity contribution in [3.63, 3.8) is 0 Å². The van der Waals surface area contributed by atoms with Crippen LogP contribution >= 0.6 is 0 Å². The SMILES string of the molecule is CCn1nc(Oc2ccc(C(F)(F)F)cc2)cc1-c1cccc(C2(N(C3CC3)S(=O)O)COC2)c1. The van der Waals surface area contributed by atoms with Crippen molar-refractivity contribution in [2.45, 2.75) is 44.1 Å². The summed E-state index contributed by atoms with van der Waals surface area (Å²) in [6.45, 7) is 3.12. The van der Waals surface area contributed by atoms with Gasteiger partial charge in [-0.2, -0.15) is 17.5 Å². The predicted octanol–water partition coefficient (Wildman–Crippen LogP) is 5.21. The minimum atomic E-state index is -4.42. The highest BCUT2D eigenvalue weighted by molar-refractivity contribution is 7.76. The van der Waals surface area contributed by atoms with Gasteiger partial charge in [0.1, 0.15) is 11.3 Å². The van der Waals surface area contributed by atoms with Crippen LogP contribution in [0.1, 0.15) is 30.9 Å². The van der Waals surface area contributed by atoms with E-state index in [0.29, 0.717) is 19.8 Å². The number of nitrogens with zero attached hydrogens (tertiary/aromatic N) is 3. The Balaban J connectivity index is 1.44. The van der Waals surface area contributed by atoms with E-state index in [4.69, 9.17) is 9.47 Å². The summed E-state index contributed by atoms with van der Waals surface area (Å²) >= 11 is -2.13. The molecule has 2 aromatic carbocycles. The molecule has 0 amide bonds. The molecule has 1 saturated carbocycles. The molecule has 5 rings (SSSR count). The number of alkyl halides is 3. The highest BCUT2D eigenvalue weighted by Crippen LogP contribution is 2.45. The molecule has 1 aliphatic carbocycles. The average molecular weight is 508 g/mol. The summed E-state index contributed by atoms with van der Waals surface area (Å²) in [5, 5.41) is 4.45. The second-order valence-electron chi connectivity index (χ2n) is 8.70. The van der Waals surface area contributed by atoms with E-state index < -0.39 is 28.5 Å². The minimum absolute atomic E-state index is 0.0540. The van der Waals surface area contributed by atoms with Crippen LogP contribution in [0, 0.1) is 0 Å². The summed E-state index contributed by atoms with van der Waals surface area (Å²) in [5.74, 6) is 0.500. The van der Waals surface area contributed by atoms with Crippen molar-refractivity contribution >= 4 is 11.3 Å². The van der Waals surface area contributed by atoms with Gasteiger partial charge in [0, 0.05) is 24.2 Å². The van der Waals surface area contributed by atoms with Crippen LogP contribution < -0.4 is 4.74 Å². The molecule has 186 valence electrons. The van der Waals surface area contributed by atoms with Gasteiger partial charge in [-0.25, -0.2) is 4.21 Å². The van der Waals surface area contributed by atoms with Crippen molar-refractivity contribution in [3.8, 4) is 22.9 Å². The van der Waals surface area contributed by atoms with E-state index in [1.165, 1.54) is 12.1 Å². The first-order valence-electron chi connectivity index (χ1n) is 11.2. The summed E-state index contributed by atoms with van der Waals surface area (Å²) in [5.41, 5.74) is 1.05. The first-order chi connectivity index (χ1) is 16.7. The van der Waals surface area contributed by atoms with Crippen LogP contribution in [0.3, 0.4) is 0 Å². The lowest BCUT2D eigenvalue weighted by Gasteiger charge is -2.48. The van der Waals surface area contributed by atoms with Crippen LogP contribution in [-0.2, 0) is 34.3 Å². The molecule has 11 heteroatoms. The molecule has 3 aromatic rings. The smallest absolute Gasteiger partial charge is 0.416 e. The van der Waals surface area contributed by atoms with Gasteiger partial charge in [-0.15, -0.1) is 5.10 Å². The van der Waals surface area contributed by atoms with Crippen molar-refractivity contribution in [2.75, 3.05) is 13.2 Å². The maximum absolute atomic E-state index is 12.8. The van der Waals surface area contributed by atoms with E-state index in [0.717, 1.165) is 41.8 Å². The number of hydrogen-bond donors (Lipinski definition) is 1. The topological polar surface area (TPSA) is 76.8 Å². The standard InChI is InChI=1S/C24H24F3N3O4S/c1-2-29-21(13-22(28-29)34-20-10-6-17(7-11-20)24(25,26)27)16-4-3-5-18(12-16)23(14-33-15-23)30(35(31)32)19-8-9-19/h3-7,10-13,19H,2,8-9,14-15H2,1H3,(H,31,32). The van der Waals surface area contributed by atoms with E-state index >= 15 is 0 Å². The number of rotatable bonds is 8. The first-order valence-corrected chi connectivity index (χ1v) is 12.3. The van der Waals surface area contributed by atoms with Crippen LogP contribution in [0.4, 0.5) is 13.2 Å². The third-order valence-electron chi connectivity index (χ3n) is 6.31. The molecular weight excluding hydrogens is 483 g/mol. The molecule has 0 bridgehead atoms. The lowest BCUT2D eigenvalue weighted by atomic mass is 9.86. The van der Waals surface area contributed by atoms with Crippen molar-refractivity contribution in [2.24, 2.45) is 0 Å². The summed E-state index contributed by atoms with van der Waals surface area (Å²) in [4.78, 5) is 0. The fraction of sp³-hybridized carbons (Fsp3) is 0.375. The maximum atomic E-state index is 12.8. The lowest BCUT2D eigenvalue weighted by molar-refractivity contribution is -0.137. The Morgan fingerprint density at radius 1 is 1.20 bits per heavy atom. The second kappa shape index (κ2) is 9.05. The summed E-state index contributed by atoms with van der Waals surface area (Å²) in [7, 11) is 0. The fourth-order valence-corrected chi connectivity index (χ4v) is 5.34. The van der Waals surface area contributed by atoms with E-state index in [2.05, 4.69) is 5.10 Å². The Hall–Kier alpha value is -2.73. The van der Waals surface area contributed by atoms with E-state index in [1.807, 2.05) is 31.2 Å². The van der Waals surface area contributed by atoms with E-state index in [-0.39, 0.29) is 17.7 Å². The van der Waals surface area contributed by atoms with Gasteiger partial charge in [0.05, 0.1) is 24.5 Å². The van der Waals surface area contributed by atoms with Crippen LogP contribution in [0.25, 0.3) is 11.3 Å². The normalized spacial score (nSPS) is 18.3. The van der Waals surface area contributed by atoms with Gasteiger partial charge in [0.2, 0.25) is 17.1 Å². The Kier molecular flexibility index (Phi) is 6.20. The molecule has 1 unspecified atom stereocenters. The van der Waals surface area contributed by atoms with Crippen molar-refractivity contribution in [1.82, 2.24) is 14.1 Å². The zero-order chi connectivity index (χ0) is 24.8. The van der Waals surface area contributed by atoms with Crippen molar-refractivity contribution < 1.29 is 31.4 Å². The Morgan fingerprint density at radius 2 is 1.91 bits per heavy atom. The number of aryl methyl sites for hydroxylation is 1. The van der Waals surface area contributed by atoms with Gasteiger partial charge in [-0.3, -0.25) is 9.23 Å². The molecule has 2 heterocycles. The molecule has 1 N–H and O–H groups in total. The molecule has 1 atom stereocenters. The summed E-state index contributed by atoms with van der Waals surface area (Å²) in [6, 6.07) is 13.9. The van der Waals surface area contributed by atoms with Crippen LogP contribution in [0.2, 0.25) is 0 Å². The minimum Gasteiger partial charge on any atom is -0.438 e. The predicted molar refractivity (Wildman–Crippen MR) is 123 cm³/mol. The number of benzene rings is 2. The number of aromatic nitrogens is 2. The molecule has 2 aliphatic rings. The molecule has 1 aliphatic heterocycles. The molecule has 0 radical (unpaired) electrons. The highest BCUT2D eigenvalue weighted by atomic mass is 32.2. The van der Waals surface area contributed by atoms with Crippen molar-refractivity contribution in [3.05, 3.63) is 65.7 Å². The van der Waals surface area contributed by atoms with Gasteiger partial charge >= 0.3 is 6.18 Å². The molecule has 1 saturated heterocycles. The number of hydrogen-bond acceptors (Lipinski definition) is 4. The van der Waals surface area contributed by atoms with Crippen LogP contribution in [0.5, 0.6) is 11.6 Å². The summed E-state index contributed by atoms with van der Waals surface area (Å²) < 4.78 is 75.3. The Bertz CT molecular complexity index is 1240. The van der Waals surface area contributed by atoms with Crippen LogP contribution in [-0.4, -0.2) is 42.1 Å². The Morgan fingerprint density at radius 3 is 2.46 bits per heavy atom. The van der Waals surface area contributed by atoms with Gasteiger partial charge < -0.3 is 9.47 Å². The number of ether oxygens (including phenoxy) is 2. The van der Waals surface area contributed by atoms with Crippen LogP contribution in [0.15, 0.2) is 54.6 Å². The lowest BCUT2D eigenvalue weighted by Crippen LogP contribution is -2.60. The first kappa shape index (κ1) is 24.0.